The van der Waals surface area contributed by atoms with Gasteiger partial charge in [0.05, 0.1) is 12.5 Å². The van der Waals surface area contributed by atoms with Gasteiger partial charge in [-0.1, -0.05) is 0 Å². The third-order valence-electron chi connectivity index (χ3n) is 2.34. The molecule has 1 heterocycles. The Labute approximate surface area is 102 Å². The minimum atomic E-state index is -5.37. The van der Waals surface area contributed by atoms with Crippen molar-refractivity contribution in [3.63, 3.8) is 0 Å². The molecule has 1 saturated heterocycles. The Bertz CT molecular complexity index is 361. The smallest absolute Gasteiger partial charge is 0.428 e. The lowest BCUT2D eigenvalue weighted by Crippen LogP contribution is -2.45. The van der Waals surface area contributed by atoms with Gasteiger partial charge in [0.2, 0.25) is 12.1 Å². The minimum absolute atomic E-state index is 0.0482. The monoisotopic (exact) mass is 294 g/mol. The summed E-state index contributed by atoms with van der Waals surface area (Å²) in [5, 5.41) is 0. The largest absolute Gasteiger partial charge is 0.491 e. The first-order valence-corrected chi connectivity index (χ1v) is 5.04. The van der Waals surface area contributed by atoms with Crippen LogP contribution in [0.2, 0.25) is 0 Å². The summed E-state index contributed by atoms with van der Waals surface area (Å²) < 4.78 is 80.7. The molecule has 0 spiro atoms. The maximum absolute atomic E-state index is 12.2. The van der Waals surface area contributed by atoms with Crippen molar-refractivity contribution in [3.8, 4) is 0 Å². The highest BCUT2D eigenvalue weighted by molar-refractivity contribution is 5.87. The van der Waals surface area contributed by atoms with Crippen molar-refractivity contribution in [1.29, 1.82) is 0 Å². The van der Waals surface area contributed by atoms with Crippen molar-refractivity contribution in [3.05, 3.63) is 0 Å². The Morgan fingerprint density at radius 2 is 1.63 bits per heavy atom. The van der Waals surface area contributed by atoms with Crippen LogP contribution in [-0.4, -0.2) is 37.0 Å². The quantitative estimate of drug-likeness (QED) is 0.577. The first-order chi connectivity index (χ1) is 8.53. The zero-order chi connectivity index (χ0) is 14.8. The van der Waals surface area contributed by atoms with E-state index in [0.29, 0.717) is 0 Å². The zero-order valence-corrected chi connectivity index (χ0v) is 9.18. The Kier molecular flexibility index (Phi) is 4.43. The highest BCUT2D eigenvalue weighted by atomic mass is 19.4. The van der Waals surface area contributed by atoms with Gasteiger partial charge >= 0.3 is 18.3 Å². The first-order valence-electron chi connectivity index (χ1n) is 5.04. The molecule has 1 rings (SSSR count). The Morgan fingerprint density at radius 1 is 1.05 bits per heavy atom. The molecular formula is C9H8F6O4. The number of ether oxygens (including phenoxy) is 2. The Balaban J connectivity index is 2.79. The second-order valence-corrected chi connectivity index (χ2v) is 3.75. The van der Waals surface area contributed by atoms with Gasteiger partial charge in [0.15, 0.2) is 0 Å². The molecule has 4 nitrogen and oxygen atoms in total. The number of ketones is 1. The summed E-state index contributed by atoms with van der Waals surface area (Å²) in [6.07, 6.45) is -13.1. The van der Waals surface area contributed by atoms with Gasteiger partial charge in [0, 0.05) is 0 Å². The summed E-state index contributed by atoms with van der Waals surface area (Å²) in [5.41, 5.74) is 0. The molecule has 2 atom stereocenters. The topological polar surface area (TPSA) is 52.6 Å². The molecule has 0 radical (unpaired) electrons. The molecule has 1 aliphatic rings. The lowest BCUT2D eigenvalue weighted by molar-refractivity contribution is -0.243. The van der Waals surface area contributed by atoms with Crippen molar-refractivity contribution in [2.24, 2.45) is 5.92 Å². The van der Waals surface area contributed by atoms with E-state index in [9.17, 15) is 35.9 Å². The molecule has 0 saturated carbocycles. The molecule has 10 heteroatoms. The third-order valence-corrected chi connectivity index (χ3v) is 2.34. The number of carbonyl (C=O) groups excluding carboxylic acids is 2. The number of esters is 1. The predicted octanol–water partition coefficient (Wildman–Crippen LogP) is 1.98. The average Bonchev–Trinajstić information content (AvgIpc) is 2.26. The number of rotatable bonds is 2. The van der Waals surface area contributed by atoms with Crippen molar-refractivity contribution in [2.45, 2.75) is 31.5 Å². The van der Waals surface area contributed by atoms with E-state index in [1.54, 1.807) is 0 Å². The molecule has 0 aliphatic carbocycles. The third kappa shape index (κ3) is 4.08. The summed E-state index contributed by atoms with van der Waals surface area (Å²) in [5.74, 6) is -6.94. The Hall–Kier alpha value is -1.32. The van der Waals surface area contributed by atoms with Gasteiger partial charge in [0.1, 0.15) is 0 Å². The maximum Gasteiger partial charge on any atom is 0.491 e. The second kappa shape index (κ2) is 5.35. The summed E-state index contributed by atoms with van der Waals surface area (Å²) in [7, 11) is 0. The summed E-state index contributed by atoms with van der Waals surface area (Å²) in [4.78, 5) is 21.5. The van der Waals surface area contributed by atoms with E-state index in [-0.39, 0.29) is 19.4 Å². The van der Waals surface area contributed by atoms with Crippen LogP contribution in [0.3, 0.4) is 0 Å². The molecule has 0 N–H and O–H groups in total. The lowest BCUT2D eigenvalue weighted by atomic mass is 9.95. The van der Waals surface area contributed by atoms with Crippen LogP contribution in [0.4, 0.5) is 26.3 Å². The molecule has 1 aliphatic heterocycles. The number of Topliss-reactive ketones (excluding diaryl/α,β-unsaturated/α-hetero) is 1. The van der Waals surface area contributed by atoms with E-state index in [1.807, 2.05) is 0 Å². The highest BCUT2D eigenvalue weighted by Gasteiger charge is 2.50. The molecule has 0 aromatic heterocycles. The fraction of sp³-hybridized carbons (Fsp3) is 0.778. The molecule has 0 unspecified atom stereocenters. The standard InChI is InChI=1S/C9H8F6O4/c10-8(11,12)5(16)4-2-1-3-18-6(4)19-7(17)9(13,14)15/h4,6H,1-3H2/t4-,6-/m0/s1. The Morgan fingerprint density at radius 3 is 2.11 bits per heavy atom. The van der Waals surface area contributed by atoms with Crippen molar-refractivity contribution >= 4 is 11.8 Å². The maximum atomic E-state index is 12.2. The molecule has 0 aromatic rings. The summed E-state index contributed by atoms with van der Waals surface area (Å²) in [6.45, 7) is -0.197. The number of carbonyl (C=O) groups is 2. The molecule has 110 valence electrons. The van der Waals surface area contributed by atoms with Gasteiger partial charge in [0.25, 0.3) is 0 Å². The van der Waals surface area contributed by atoms with Gasteiger partial charge in [-0.3, -0.25) is 4.79 Å². The van der Waals surface area contributed by atoms with E-state index in [1.165, 1.54) is 0 Å². The summed E-state index contributed by atoms with van der Waals surface area (Å²) in [6, 6.07) is 0. The van der Waals surface area contributed by atoms with E-state index in [4.69, 9.17) is 0 Å². The van der Waals surface area contributed by atoms with E-state index in [0.717, 1.165) is 0 Å². The van der Waals surface area contributed by atoms with Gasteiger partial charge in [-0.15, -0.1) is 0 Å². The van der Waals surface area contributed by atoms with Crippen LogP contribution >= 0.6 is 0 Å². The van der Waals surface area contributed by atoms with Crippen molar-refractivity contribution in [2.75, 3.05) is 6.61 Å². The summed E-state index contributed by atoms with van der Waals surface area (Å²) >= 11 is 0. The zero-order valence-electron chi connectivity index (χ0n) is 9.18. The van der Waals surface area contributed by atoms with Crippen LogP contribution in [0.25, 0.3) is 0 Å². The number of alkyl halides is 6. The number of hydrogen-bond donors (Lipinski definition) is 0. The average molecular weight is 294 g/mol. The van der Waals surface area contributed by atoms with Crippen LogP contribution in [-0.2, 0) is 19.1 Å². The fourth-order valence-electron chi connectivity index (χ4n) is 1.51. The predicted molar refractivity (Wildman–Crippen MR) is 45.7 cm³/mol. The van der Waals surface area contributed by atoms with Gasteiger partial charge < -0.3 is 9.47 Å². The molecule has 0 amide bonds. The van der Waals surface area contributed by atoms with E-state index < -0.39 is 36.3 Å². The molecule has 0 aromatic carbocycles. The molecule has 0 bridgehead atoms. The van der Waals surface area contributed by atoms with Crippen LogP contribution in [0.5, 0.6) is 0 Å². The number of halogens is 6. The van der Waals surface area contributed by atoms with Gasteiger partial charge in [-0.05, 0) is 12.8 Å². The SMILES string of the molecule is O=C(O[C@@H]1OCCC[C@H]1C(=O)C(F)(F)F)C(F)(F)F. The van der Waals surface area contributed by atoms with Crippen molar-refractivity contribution < 1.29 is 45.4 Å². The van der Waals surface area contributed by atoms with Crippen LogP contribution in [0.1, 0.15) is 12.8 Å². The molecule has 19 heavy (non-hydrogen) atoms. The van der Waals surface area contributed by atoms with Gasteiger partial charge in [-0.25, -0.2) is 4.79 Å². The van der Waals surface area contributed by atoms with E-state index in [2.05, 4.69) is 9.47 Å². The number of hydrogen-bond acceptors (Lipinski definition) is 4. The fourth-order valence-corrected chi connectivity index (χ4v) is 1.51. The minimum Gasteiger partial charge on any atom is -0.428 e. The lowest BCUT2D eigenvalue weighted by Gasteiger charge is -2.30. The van der Waals surface area contributed by atoms with E-state index >= 15 is 0 Å². The van der Waals surface area contributed by atoms with Gasteiger partial charge in [-0.2, -0.15) is 26.3 Å². The van der Waals surface area contributed by atoms with Crippen LogP contribution < -0.4 is 0 Å². The normalized spacial score (nSPS) is 24.9. The van der Waals surface area contributed by atoms with Crippen LogP contribution in [0, 0.1) is 5.92 Å². The molecular weight excluding hydrogens is 286 g/mol. The molecule has 1 fully saturated rings. The highest BCUT2D eigenvalue weighted by Crippen LogP contribution is 2.31. The van der Waals surface area contributed by atoms with Crippen molar-refractivity contribution in [1.82, 2.24) is 0 Å². The second-order valence-electron chi connectivity index (χ2n) is 3.75. The van der Waals surface area contributed by atoms with Crippen LogP contribution in [0.15, 0.2) is 0 Å². The first kappa shape index (κ1) is 15.7.